The van der Waals surface area contributed by atoms with Crippen LogP contribution in [0.3, 0.4) is 0 Å². The van der Waals surface area contributed by atoms with Crippen LogP contribution in [0.2, 0.25) is 0 Å². The Kier molecular flexibility index (Phi) is 4.42. The molecule has 1 saturated heterocycles. The minimum absolute atomic E-state index is 0.0167. The number of aryl methyl sites for hydroxylation is 1. The quantitative estimate of drug-likeness (QED) is 0.855. The van der Waals surface area contributed by atoms with Gasteiger partial charge in [-0.05, 0) is 38.9 Å². The molecule has 3 rings (SSSR count). The van der Waals surface area contributed by atoms with E-state index in [0.29, 0.717) is 12.1 Å². The van der Waals surface area contributed by atoms with E-state index < -0.39 is 0 Å². The van der Waals surface area contributed by atoms with Gasteiger partial charge in [0.2, 0.25) is 5.56 Å². The largest absolute Gasteiger partial charge is 0.326 e. The highest BCUT2D eigenvalue weighted by Crippen LogP contribution is 2.27. The Labute approximate surface area is 126 Å². The molecule has 5 heteroatoms. The lowest BCUT2D eigenvalue weighted by Crippen LogP contribution is -2.54. The Hall–Kier alpha value is -1.17. The molecule has 0 saturated carbocycles. The third kappa shape index (κ3) is 3.36. The summed E-state index contributed by atoms with van der Waals surface area (Å²) < 4.78 is 0. The summed E-state index contributed by atoms with van der Waals surface area (Å²) in [4.78, 5) is 19.3. The van der Waals surface area contributed by atoms with Crippen molar-refractivity contribution in [3.8, 4) is 0 Å². The van der Waals surface area contributed by atoms with Crippen molar-refractivity contribution in [1.82, 2.24) is 20.1 Å². The summed E-state index contributed by atoms with van der Waals surface area (Å²) in [5.41, 5.74) is 2.43. The lowest BCUT2D eigenvalue weighted by atomic mass is 9.91. The van der Waals surface area contributed by atoms with Crippen LogP contribution in [0.1, 0.15) is 30.1 Å². The molecule has 21 heavy (non-hydrogen) atoms. The maximum atomic E-state index is 11.4. The van der Waals surface area contributed by atoms with E-state index in [2.05, 4.69) is 34.2 Å². The number of likely N-dealkylation sites (N-methyl/N-ethyl adjacent to an activating group) is 2. The normalized spacial score (nSPS) is 27.5. The average molecular weight is 290 g/mol. The number of nitrogens with one attached hydrogen (secondary N) is 2. The number of pyridine rings is 1. The summed E-state index contributed by atoms with van der Waals surface area (Å²) in [5.74, 6) is 0. The van der Waals surface area contributed by atoms with Crippen LogP contribution in [0.5, 0.6) is 0 Å². The second-order valence-corrected chi connectivity index (χ2v) is 6.51. The molecule has 1 fully saturated rings. The van der Waals surface area contributed by atoms with Gasteiger partial charge < -0.3 is 15.2 Å². The topological polar surface area (TPSA) is 51.4 Å². The van der Waals surface area contributed by atoms with Crippen molar-refractivity contribution in [2.45, 2.75) is 31.3 Å². The third-order valence-electron chi connectivity index (χ3n) is 4.91. The highest BCUT2D eigenvalue weighted by molar-refractivity contribution is 5.26. The lowest BCUT2D eigenvalue weighted by Gasteiger charge is -2.39. The van der Waals surface area contributed by atoms with Crippen LogP contribution in [0, 0.1) is 0 Å². The molecule has 1 aliphatic carbocycles. The second kappa shape index (κ2) is 6.30. The smallest absolute Gasteiger partial charge is 0.248 e. The van der Waals surface area contributed by atoms with Crippen LogP contribution in [0.4, 0.5) is 0 Å². The molecule has 0 radical (unpaired) electrons. The first kappa shape index (κ1) is 14.8. The summed E-state index contributed by atoms with van der Waals surface area (Å²) in [6, 6.07) is 4.60. The van der Waals surface area contributed by atoms with Crippen molar-refractivity contribution in [3.63, 3.8) is 0 Å². The van der Waals surface area contributed by atoms with Crippen LogP contribution < -0.4 is 10.9 Å². The molecule has 2 atom stereocenters. The Morgan fingerprint density at radius 3 is 3.05 bits per heavy atom. The molecule has 0 spiro atoms. The molecule has 116 valence electrons. The number of rotatable bonds is 3. The molecule has 1 aromatic rings. The predicted molar refractivity (Wildman–Crippen MR) is 84.7 cm³/mol. The standard InChI is InChI=1S/C16H26N4O/c1-19-8-9-20(2)12(11-19)10-17-14-4-3-5-15-13(14)6-7-16(21)18-15/h6-7,12,14,17H,3-5,8-11H2,1-2H3,(H,18,21). The van der Waals surface area contributed by atoms with E-state index in [0.717, 1.165) is 51.1 Å². The molecule has 2 unspecified atom stereocenters. The van der Waals surface area contributed by atoms with Gasteiger partial charge in [-0.25, -0.2) is 0 Å². The van der Waals surface area contributed by atoms with Crippen molar-refractivity contribution >= 4 is 0 Å². The minimum atomic E-state index is 0.0167. The first-order valence-corrected chi connectivity index (χ1v) is 7.98. The third-order valence-corrected chi connectivity index (χ3v) is 4.91. The SMILES string of the molecule is CN1CCN(C)C(CNC2CCCc3[nH]c(=O)ccc32)C1. The Balaban J connectivity index is 1.65. The van der Waals surface area contributed by atoms with Gasteiger partial charge in [-0.1, -0.05) is 6.07 Å². The summed E-state index contributed by atoms with van der Waals surface area (Å²) >= 11 is 0. The van der Waals surface area contributed by atoms with Gasteiger partial charge >= 0.3 is 0 Å². The van der Waals surface area contributed by atoms with Gasteiger partial charge in [0.05, 0.1) is 0 Å². The van der Waals surface area contributed by atoms with Crippen molar-refractivity contribution in [3.05, 3.63) is 33.7 Å². The molecular formula is C16H26N4O. The van der Waals surface area contributed by atoms with Crippen molar-refractivity contribution in [2.75, 3.05) is 40.3 Å². The molecule has 2 aliphatic rings. The van der Waals surface area contributed by atoms with Crippen LogP contribution in [-0.2, 0) is 6.42 Å². The van der Waals surface area contributed by atoms with Crippen LogP contribution in [0.25, 0.3) is 0 Å². The van der Waals surface area contributed by atoms with E-state index in [1.165, 1.54) is 5.56 Å². The van der Waals surface area contributed by atoms with E-state index in [1.54, 1.807) is 6.07 Å². The Bertz CT molecular complexity index is 541. The summed E-state index contributed by atoms with van der Waals surface area (Å²) in [7, 11) is 4.41. The predicted octanol–water partition coefficient (Wildman–Crippen LogP) is 0.588. The van der Waals surface area contributed by atoms with E-state index in [9.17, 15) is 4.79 Å². The first-order valence-electron chi connectivity index (χ1n) is 7.98. The average Bonchev–Trinajstić information content (AvgIpc) is 2.47. The number of fused-ring (bicyclic) bond motifs is 1. The van der Waals surface area contributed by atoms with Crippen molar-refractivity contribution < 1.29 is 0 Å². The number of piperazine rings is 1. The zero-order valence-corrected chi connectivity index (χ0v) is 13.1. The van der Waals surface area contributed by atoms with E-state index in [4.69, 9.17) is 0 Å². The van der Waals surface area contributed by atoms with Crippen LogP contribution in [-0.4, -0.2) is 61.1 Å². The number of H-pyrrole nitrogens is 1. The molecule has 1 aliphatic heterocycles. The highest BCUT2D eigenvalue weighted by atomic mass is 16.1. The molecule has 0 aromatic carbocycles. The van der Waals surface area contributed by atoms with Gasteiger partial charge in [-0.3, -0.25) is 9.69 Å². The summed E-state index contributed by atoms with van der Waals surface area (Å²) in [5, 5.41) is 3.73. The van der Waals surface area contributed by atoms with Crippen molar-refractivity contribution in [2.24, 2.45) is 0 Å². The first-order chi connectivity index (χ1) is 10.1. The van der Waals surface area contributed by atoms with Gasteiger partial charge in [-0.15, -0.1) is 0 Å². The molecule has 0 bridgehead atoms. The molecule has 5 nitrogen and oxygen atoms in total. The number of hydrogen-bond donors (Lipinski definition) is 2. The fourth-order valence-corrected chi connectivity index (χ4v) is 3.51. The van der Waals surface area contributed by atoms with Crippen LogP contribution >= 0.6 is 0 Å². The monoisotopic (exact) mass is 290 g/mol. The molecular weight excluding hydrogens is 264 g/mol. The molecule has 2 heterocycles. The van der Waals surface area contributed by atoms with Gasteiger partial charge in [0.15, 0.2) is 0 Å². The Morgan fingerprint density at radius 2 is 2.19 bits per heavy atom. The van der Waals surface area contributed by atoms with Gasteiger partial charge in [0.25, 0.3) is 0 Å². The number of nitrogens with zero attached hydrogens (tertiary/aromatic N) is 2. The highest BCUT2D eigenvalue weighted by Gasteiger charge is 2.25. The zero-order valence-electron chi connectivity index (χ0n) is 13.1. The summed E-state index contributed by atoms with van der Waals surface area (Å²) in [6.07, 6.45) is 3.30. The van der Waals surface area contributed by atoms with Crippen LogP contribution in [0.15, 0.2) is 16.9 Å². The lowest BCUT2D eigenvalue weighted by molar-refractivity contribution is 0.111. The zero-order chi connectivity index (χ0) is 14.8. The fourth-order valence-electron chi connectivity index (χ4n) is 3.51. The molecule has 1 aromatic heterocycles. The van der Waals surface area contributed by atoms with Gasteiger partial charge in [0.1, 0.15) is 0 Å². The number of hydrogen-bond acceptors (Lipinski definition) is 4. The van der Waals surface area contributed by atoms with Gasteiger partial charge in [-0.2, -0.15) is 0 Å². The maximum Gasteiger partial charge on any atom is 0.248 e. The summed E-state index contributed by atoms with van der Waals surface area (Å²) in [6.45, 7) is 4.41. The maximum absolute atomic E-state index is 11.4. The molecule has 0 amide bonds. The van der Waals surface area contributed by atoms with E-state index >= 15 is 0 Å². The van der Waals surface area contributed by atoms with Crippen molar-refractivity contribution in [1.29, 1.82) is 0 Å². The molecule has 2 N–H and O–H groups in total. The van der Waals surface area contributed by atoms with E-state index in [-0.39, 0.29) is 5.56 Å². The minimum Gasteiger partial charge on any atom is -0.326 e. The van der Waals surface area contributed by atoms with E-state index in [1.807, 2.05) is 6.07 Å². The Morgan fingerprint density at radius 1 is 1.33 bits per heavy atom. The van der Waals surface area contributed by atoms with Gasteiger partial charge in [0, 0.05) is 50.0 Å². The number of aromatic nitrogens is 1. The second-order valence-electron chi connectivity index (χ2n) is 6.51. The fraction of sp³-hybridized carbons (Fsp3) is 0.688. The number of aromatic amines is 1.